The first-order valence-electron chi connectivity index (χ1n) is 5.78. The second-order valence-corrected chi connectivity index (χ2v) is 5.17. The van der Waals surface area contributed by atoms with Gasteiger partial charge in [0.2, 0.25) is 0 Å². The number of hydrogen-bond donors (Lipinski definition) is 1. The molecule has 1 fully saturated rings. The van der Waals surface area contributed by atoms with E-state index < -0.39 is 0 Å². The van der Waals surface area contributed by atoms with Crippen molar-refractivity contribution in [2.45, 2.75) is 64.9 Å². The van der Waals surface area contributed by atoms with Gasteiger partial charge < -0.3 is 5.11 Å². The standard InChI is InChI=1S/C12H24O/c1-4-5-10(2)8-12(13)7-6-11(3)9-12/h10-11,13H,4-9H2,1-3H3. The van der Waals surface area contributed by atoms with E-state index in [9.17, 15) is 5.11 Å². The molecule has 1 rings (SSSR count). The third-order valence-electron chi connectivity index (χ3n) is 3.34. The molecule has 1 N–H and O–H groups in total. The first-order valence-corrected chi connectivity index (χ1v) is 5.78. The van der Waals surface area contributed by atoms with Crippen molar-refractivity contribution in [3.63, 3.8) is 0 Å². The van der Waals surface area contributed by atoms with Crippen LogP contribution < -0.4 is 0 Å². The average Bonchev–Trinajstić information content (AvgIpc) is 2.30. The molecule has 78 valence electrons. The van der Waals surface area contributed by atoms with Gasteiger partial charge in [0.25, 0.3) is 0 Å². The second-order valence-electron chi connectivity index (χ2n) is 5.17. The highest BCUT2D eigenvalue weighted by molar-refractivity contribution is 4.88. The van der Waals surface area contributed by atoms with E-state index >= 15 is 0 Å². The van der Waals surface area contributed by atoms with Crippen LogP contribution in [-0.2, 0) is 0 Å². The largest absolute Gasteiger partial charge is 0.390 e. The summed E-state index contributed by atoms with van der Waals surface area (Å²) < 4.78 is 0. The minimum atomic E-state index is -0.312. The first kappa shape index (κ1) is 11.0. The highest BCUT2D eigenvalue weighted by Crippen LogP contribution is 2.39. The van der Waals surface area contributed by atoms with Crippen LogP contribution >= 0.6 is 0 Å². The van der Waals surface area contributed by atoms with Gasteiger partial charge >= 0.3 is 0 Å². The number of hydrogen-bond acceptors (Lipinski definition) is 1. The fourth-order valence-electron chi connectivity index (χ4n) is 2.80. The van der Waals surface area contributed by atoms with Gasteiger partial charge in [-0.25, -0.2) is 0 Å². The number of aliphatic hydroxyl groups is 1. The van der Waals surface area contributed by atoms with Gasteiger partial charge in [-0.3, -0.25) is 0 Å². The quantitative estimate of drug-likeness (QED) is 0.710. The van der Waals surface area contributed by atoms with E-state index in [4.69, 9.17) is 0 Å². The zero-order chi connectivity index (χ0) is 9.90. The van der Waals surface area contributed by atoms with Crippen LogP contribution in [0.2, 0.25) is 0 Å². The van der Waals surface area contributed by atoms with Crippen molar-refractivity contribution in [1.82, 2.24) is 0 Å². The summed E-state index contributed by atoms with van der Waals surface area (Å²) >= 11 is 0. The molecule has 3 unspecified atom stereocenters. The van der Waals surface area contributed by atoms with Gasteiger partial charge in [-0.2, -0.15) is 0 Å². The number of rotatable bonds is 4. The maximum Gasteiger partial charge on any atom is 0.0653 e. The van der Waals surface area contributed by atoms with E-state index in [-0.39, 0.29) is 5.60 Å². The second kappa shape index (κ2) is 4.45. The first-order chi connectivity index (χ1) is 6.06. The fraction of sp³-hybridized carbons (Fsp3) is 1.00. The summed E-state index contributed by atoms with van der Waals surface area (Å²) in [5.41, 5.74) is -0.312. The Labute approximate surface area is 82.5 Å². The normalized spacial score (nSPS) is 36.5. The van der Waals surface area contributed by atoms with Crippen molar-refractivity contribution in [1.29, 1.82) is 0 Å². The monoisotopic (exact) mass is 184 g/mol. The molecule has 0 spiro atoms. The molecule has 0 aromatic carbocycles. The van der Waals surface area contributed by atoms with Crippen molar-refractivity contribution < 1.29 is 5.11 Å². The Morgan fingerprint density at radius 3 is 2.69 bits per heavy atom. The Morgan fingerprint density at radius 1 is 1.54 bits per heavy atom. The summed E-state index contributed by atoms with van der Waals surface area (Å²) in [6.07, 6.45) is 6.80. The van der Waals surface area contributed by atoms with E-state index in [1.54, 1.807) is 0 Å². The van der Waals surface area contributed by atoms with Crippen LogP contribution in [0.4, 0.5) is 0 Å². The van der Waals surface area contributed by atoms with Crippen LogP contribution in [0.15, 0.2) is 0 Å². The lowest BCUT2D eigenvalue weighted by Crippen LogP contribution is -2.27. The summed E-state index contributed by atoms with van der Waals surface area (Å²) in [6.45, 7) is 6.74. The average molecular weight is 184 g/mol. The Hall–Kier alpha value is -0.0400. The Bertz CT molecular complexity index is 155. The predicted molar refractivity (Wildman–Crippen MR) is 56.7 cm³/mol. The molecule has 0 amide bonds. The molecule has 0 aromatic rings. The van der Waals surface area contributed by atoms with Gasteiger partial charge in [0.15, 0.2) is 0 Å². The SMILES string of the molecule is CCCC(C)CC1(O)CCC(C)C1. The summed E-state index contributed by atoms with van der Waals surface area (Å²) in [6, 6.07) is 0. The van der Waals surface area contributed by atoms with Gasteiger partial charge in [0.05, 0.1) is 5.60 Å². The van der Waals surface area contributed by atoms with Crippen molar-refractivity contribution in [2.24, 2.45) is 11.8 Å². The summed E-state index contributed by atoms with van der Waals surface area (Å²) in [7, 11) is 0. The van der Waals surface area contributed by atoms with E-state index in [0.717, 1.165) is 25.2 Å². The molecular formula is C12H24O. The molecule has 0 aliphatic heterocycles. The summed E-state index contributed by atoms with van der Waals surface area (Å²) in [5.74, 6) is 1.43. The topological polar surface area (TPSA) is 20.2 Å². The molecule has 1 nitrogen and oxygen atoms in total. The van der Waals surface area contributed by atoms with Crippen LogP contribution in [0.5, 0.6) is 0 Å². The molecule has 3 atom stereocenters. The van der Waals surface area contributed by atoms with E-state index in [1.807, 2.05) is 0 Å². The van der Waals surface area contributed by atoms with Crippen LogP contribution in [0, 0.1) is 11.8 Å². The lowest BCUT2D eigenvalue weighted by atomic mass is 9.87. The van der Waals surface area contributed by atoms with Crippen LogP contribution in [0.3, 0.4) is 0 Å². The maximum absolute atomic E-state index is 10.3. The smallest absolute Gasteiger partial charge is 0.0653 e. The lowest BCUT2D eigenvalue weighted by molar-refractivity contribution is 0.0201. The van der Waals surface area contributed by atoms with Crippen molar-refractivity contribution in [2.75, 3.05) is 0 Å². The summed E-state index contributed by atoms with van der Waals surface area (Å²) in [5, 5.41) is 10.3. The molecule has 0 bridgehead atoms. The third-order valence-corrected chi connectivity index (χ3v) is 3.34. The van der Waals surface area contributed by atoms with Crippen molar-refractivity contribution in [3.05, 3.63) is 0 Å². The summed E-state index contributed by atoms with van der Waals surface area (Å²) in [4.78, 5) is 0. The van der Waals surface area contributed by atoms with E-state index in [1.165, 1.54) is 19.3 Å². The highest BCUT2D eigenvalue weighted by Gasteiger charge is 2.35. The zero-order valence-electron chi connectivity index (χ0n) is 9.34. The molecule has 0 radical (unpaired) electrons. The molecule has 1 aliphatic rings. The predicted octanol–water partition coefficient (Wildman–Crippen LogP) is 3.36. The lowest BCUT2D eigenvalue weighted by Gasteiger charge is -2.26. The van der Waals surface area contributed by atoms with Crippen LogP contribution in [0.1, 0.15) is 59.3 Å². The molecule has 1 heteroatoms. The molecule has 1 saturated carbocycles. The van der Waals surface area contributed by atoms with Crippen LogP contribution in [-0.4, -0.2) is 10.7 Å². The van der Waals surface area contributed by atoms with Crippen molar-refractivity contribution in [3.8, 4) is 0 Å². The van der Waals surface area contributed by atoms with Gasteiger partial charge in [0.1, 0.15) is 0 Å². The van der Waals surface area contributed by atoms with Gasteiger partial charge in [-0.15, -0.1) is 0 Å². The Morgan fingerprint density at radius 2 is 2.23 bits per heavy atom. The zero-order valence-corrected chi connectivity index (χ0v) is 9.34. The Balaban J connectivity index is 2.34. The van der Waals surface area contributed by atoms with Gasteiger partial charge in [-0.05, 0) is 37.5 Å². The molecule has 0 heterocycles. The molecular weight excluding hydrogens is 160 g/mol. The van der Waals surface area contributed by atoms with Gasteiger partial charge in [0, 0.05) is 0 Å². The Kier molecular flexibility index (Phi) is 3.78. The highest BCUT2D eigenvalue weighted by atomic mass is 16.3. The van der Waals surface area contributed by atoms with E-state index in [2.05, 4.69) is 20.8 Å². The fourth-order valence-corrected chi connectivity index (χ4v) is 2.80. The van der Waals surface area contributed by atoms with Gasteiger partial charge in [-0.1, -0.05) is 33.6 Å². The van der Waals surface area contributed by atoms with Crippen LogP contribution in [0.25, 0.3) is 0 Å². The molecule has 13 heavy (non-hydrogen) atoms. The molecule has 0 saturated heterocycles. The maximum atomic E-state index is 10.3. The minimum Gasteiger partial charge on any atom is -0.390 e. The molecule has 0 aromatic heterocycles. The van der Waals surface area contributed by atoms with Crippen molar-refractivity contribution >= 4 is 0 Å². The minimum absolute atomic E-state index is 0.312. The molecule has 1 aliphatic carbocycles. The van der Waals surface area contributed by atoms with E-state index in [0.29, 0.717) is 5.92 Å². The third kappa shape index (κ3) is 3.30.